The van der Waals surface area contributed by atoms with E-state index in [4.69, 9.17) is 9.47 Å². The van der Waals surface area contributed by atoms with Gasteiger partial charge in [-0.15, -0.1) is 0 Å². The zero-order valence-electron chi connectivity index (χ0n) is 18.9. The van der Waals surface area contributed by atoms with Gasteiger partial charge in [0, 0.05) is 11.1 Å². The lowest BCUT2D eigenvalue weighted by Crippen LogP contribution is -2.16. The molecule has 0 radical (unpaired) electrons. The molecule has 0 aromatic heterocycles. The van der Waals surface area contributed by atoms with Crippen molar-refractivity contribution in [3.8, 4) is 0 Å². The van der Waals surface area contributed by atoms with Gasteiger partial charge in [-0.25, -0.2) is 9.59 Å². The molecule has 0 spiro atoms. The Balaban J connectivity index is 4.28. The third-order valence-corrected chi connectivity index (χ3v) is 4.97. The first-order valence-electron chi connectivity index (χ1n) is 11.6. The number of rotatable bonds is 18. The van der Waals surface area contributed by atoms with Crippen LogP contribution in [-0.4, -0.2) is 25.2 Å². The fraction of sp³-hybridized carbons (Fsp3) is 0.833. The minimum Gasteiger partial charge on any atom is -0.462 e. The number of unbranched alkanes of at least 4 members (excludes halogenated alkanes) is 10. The first-order valence-corrected chi connectivity index (χ1v) is 11.6. The summed E-state index contributed by atoms with van der Waals surface area (Å²) in [7, 11) is 0. The van der Waals surface area contributed by atoms with Crippen LogP contribution < -0.4 is 0 Å². The molecule has 0 atom stereocenters. The molecule has 4 heteroatoms. The predicted octanol–water partition coefficient (Wildman–Crippen LogP) is 6.91. The summed E-state index contributed by atoms with van der Waals surface area (Å²) in [4.78, 5) is 24.7. The maximum absolute atomic E-state index is 12.4. The summed E-state index contributed by atoms with van der Waals surface area (Å²) in [6, 6.07) is 0. The number of hydrogen-bond acceptors (Lipinski definition) is 4. The van der Waals surface area contributed by atoms with Crippen molar-refractivity contribution in [1.82, 2.24) is 0 Å². The molecule has 0 amide bonds. The van der Waals surface area contributed by atoms with Crippen LogP contribution in [0, 0.1) is 0 Å². The molecule has 0 aliphatic rings. The maximum atomic E-state index is 12.4. The Kier molecular flexibility index (Phi) is 18.1. The van der Waals surface area contributed by atoms with Crippen molar-refractivity contribution in [2.45, 2.75) is 118 Å². The molecule has 0 aliphatic heterocycles. The molecule has 0 fully saturated rings. The topological polar surface area (TPSA) is 52.6 Å². The normalized spacial score (nSPS) is 11.9. The SMILES string of the molecule is CCCCCCCCOC(=O)/C(C)=C(/CCC)C(=O)OCCCCCCCC. The van der Waals surface area contributed by atoms with Crippen molar-refractivity contribution >= 4 is 11.9 Å². The van der Waals surface area contributed by atoms with E-state index in [0.717, 1.165) is 32.1 Å². The number of carbonyl (C=O) groups excluding carboxylic acids is 2. The van der Waals surface area contributed by atoms with Crippen LogP contribution in [0.15, 0.2) is 11.1 Å². The second-order valence-electron chi connectivity index (χ2n) is 7.66. The molecule has 0 N–H and O–H groups in total. The number of carbonyl (C=O) groups is 2. The molecule has 0 rings (SSSR count). The van der Waals surface area contributed by atoms with E-state index in [1.807, 2.05) is 6.92 Å². The molecule has 4 nitrogen and oxygen atoms in total. The standard InChI is InChI=1S/C24H44O4/c1-5-8-10-12-14-16-19-27-23(25)21(4)22(18-7-3)24(26)28-20-17-15-13-11-9-6-2/h5-20H2,1-4H3/b22-21-. The molecular weight excluding hydrogens is 352 g/mol. The first-order chi connectivity index (χ1) is 13.6. The Labute approximate surface area is 173 Å². The Morgan fingerprint density at radius 1 is 0.571 bits per heavy atom. The van der Waals surface area contributed by atoms with Gasteiger partial charge in [0.1, 0.15) is 0 Å². The van der Waals surface area contributed by atoms with Crippen LogP contribution >= 0.6 is 0 Å². The summed E-state index contributed by atoms with van der Waals surface area (Å²) >= 11 is 0. The van der Waals surface area contributed by atoms with E-state index in [2.05, 4.69) is 13.8 Å². The fourth-order valence-corrected chi connectivity index (χ4v) is 3.11. The lowest BCUT2D eigenvalue weighted by Gasteiger charge is -2.12. The van der Waals surface area contributed by atoms with Crippen LogP contribution in [0.4, 0.5) is 0 Å². The van der Waals surface area contributed by atoms with E-state index in [1.165, 1.54) is 51.4 Å². The third-order valence-electron chi connectivity index (χ3n) is 4.97. The van der Waals surface area contributed by atoms with Crippen LogP contribution in [0.5, 0.6) is 0 Å². The van der Waals surface area contributed by atoms with Gasteiger partial charge in [-0.05, 0) is 26.2 Å². The summed E-state index contributed by atoms with van der Waals surface area (Å²) in [5, 5.41) is 0. The number of hydrogen-bond donors (Lipinski definition) is 0. The lowest BCUT2D eigenvalue weighted by atomic mass is 10.0. The minimum atomic E-state index is -0.381. The van der Waals surface area contributed by atoms with E-state index < -0.39 is 0 Å². The van der Waals surface area contributed by atoms with Crippen molar-refractivity contribution < 1.29 is 19.1 Å². The average molecular weight is 397 g/mol. The van der Waals surface area contributed by atoms with Gasteiger partial charge in [0.15, 0.2) is 0 Å². The Morgan fingerprint density at radius 3 is 1.46 bits per heavy atom. The van der Waals surface area contributed by atoms with Crippen LogP contribution in [0.2, 0.25) is 0 Å². The summed E-state index contributed by atoms with van der Waals surface area (Å²) in [5.41, 5.74) is 0.877. The Morgan fingerprint density at radius 2 is 1.00 bits per heavy atom. The summed E-state index contributed by atoms with van der Waals surface area (Å²) in [5.74, 6) is -0.738. The molecule has 0 unspecified atom stereocenters. The van der Waals surface area contributed by atoms with Crippen LogP contribution in [0.1, 0.15) is 118 Å². The van der Waals surface area contributed by atoms with Crippen molar-refractivity contribution in [3.63, 3.8) is 0 Å². The van der Waals surface area contributed by atoms with Gasteiger partial charge in [0.2, 0.25) is 0 Å². The minimum absolute atomic E-state index is 0.357. The molecule has 0 bridgehead atoms. The average Bonchev–Trinajstić information content (AvgIpc) is 2.69. The zero-order valence-corrected chi connectivity index (χ0v) is 18.9. The molecule has 0 heterocycles. The van der Waals surface area contributed by atoms with Crippen molar-refractivity contribution in [2.24, 2.45) is 0 Å². The maximum Gasteiger partial charge on any atom is 0.334 e. The highest BCUT2D eigenvalue weighted by Gasteiger charge is 2.19. The van der Waals surface area contributed by atoms with Gasteiger partial charge in [-0.1, -0.05) is 91.4 Å². The third kappa shape index (κ3) is 13.8. The summed E-state index contributed by atoms with van der Waals surface area (Å²) < 4.78 is 10.8. The molecule has 0 saturated heterocycles. The van der Waals surface area contributed by atoms with E-state index in [-0.39, 0.29) is 11.9 Å². The quantitative estimate of drug-likeness (QED) is 0.143. The lowest BCUT2D eigenvalue weighted by molar-refractivity contribution is -0.142. The van der Waals surface area contributed by atoms with Gasteiger partial charge in [0.25, 0.3) is 0 Å². The van der Waals surface area contributed by atoms with Crippen molar-refractivity contribution in [1.29, 1.82) is 0 Å². The predicted molar refractivity (Wildman–Crippen MR) is 116 cm³/mol. The van der Waals surface area contributed by atoms with Crippen LogP contribution in [0.3, 0.4) is 0 Å². The van der Waals surface area contributed by atoms with E-state index in [9.17, 15) is 9.59 Å². The van der Waals surface area contributed by atoms with Crippen LogP contribution in [0.25, 0.3) is 0 Å². The van der Waals surface area contributed by atoms with Crippen molar-refractivity contribution in [3.05, 3.63) is 11.1 Å². The van der Waals surface area contributed by atoms with Gasteiger partial charge in [-0.3, -0.25) is 0 Å². The molecule has 0 aliphatic carbocycles. The highest BCUT2D eigenvalue weighted by atomic mass is 16.5. The largest absolute Gasteiger partial charge is 0.462 e. The Bertz CT molecular complexity index is 440. The zero-order chi connectivity index (χ0) is 21.0. The highest BCUT2D eigenvalue weighted by molar-refractivity contribution is 5.99. The van der Waals surface area contributed by atoms with Crippen molar-refractivity contribution in [2.75, 3.05) is 13.2 Å². The Hall–Kier alpha value is -1.32. The molecule has 0 aromatic rings. The number of ether oxygens (including phenoxy) is 2. The highest BCUT2D eigenvalue weighted by Crippen LogP contribution is 2.16. The first kappa shape index (κ1) is 26.7. The molecule has 0 aromatic carbocycles. The van der Waals surface area contributed by atoms with Gasteiger partial charge in [-0.2, -0.15) is 0 Å². The monoisotopic (exact) mass is 396 g/mol. The molecular formula is C24H44O4. The number of esters is 2. The van der Waals surface area contributed by atoms with E-state index in [1.54, 1.807) is 6.92 Å². The molecule has 164 valence electrons. The van der Waals surface area contributed by atoms with Crippen LogP contribution in [-0.2, 0) is 19.1 Å². The smallest absolute Gasteiger partial charge is 0.334 e. The second-order valence-corrected chi connectivity index (χ2v) is 7.66. The van der Waals surface area contributed by atoms with Gasteiger partial charge >= 0.3 is 11.9 Å². The molecule has 28 heavy (non-hydrogen) atoms. The van der Waals surface area contributed by atoms with Gasteiger partial charge < -0.3 is 9.47 Å². The van der Waals surface area contributed by atoms with E-state index in [0.29, 0.717) is 30.8 Å². The summed E-state index contributed by atoms with van der Waals surface area (Å²) in [6.07, 6.45) is 15.1. The summed E-state index contributed by atoms with van der Waals surface area (Å²) in [6.45, 7) is 8.93. The van der Waals surface area contributed by atoms with E-state index >= 15 is 0 Å². The molecule has 0 saturated carbocycles. The fourth-order valence-electron chi connectivity index (χ4n) is 3.11. The second kappa shape index (κ2) is 19.0. The van der Waals surface area contributed by atoms with Gasteiger partial charge in [0.05, 0.1) is 13.2 Å².